The molecule has 0 N–H and O–H groups in total. The predicted molar refractivity (Wildman–Crippen MR) is 494 cm³/mol. The standard InChI is InChI=1S/C37H56O4.C31H48O4.C30H38O4.6CH4/c1-7-27-25-32(34(38-5)28-15-11-9-12-16-28)36(33(26-27)35(39-6)29-17-13-10-14-18-29)41-24-23-40-31-21-19-30(20-22-31)37(3,4)8-2;1-12-22(3)23-13-15-24(16-14-23)34-17-18-35-27-25(28(32-10)30(4,5)6)19-21(2)20-26(27)29(33-11)31(7,8)9;1-7-21(2)24-13-15-27(16-14-24)33-17-18-34-30-28(22(3)31-5)19-26(20-29(30)23(4)32-6)25-11-9-8-10-12-25;;;;;;/h19-22,25-26,28-29,34-35H,7-18,23-24H2,1-6H3;13-16,19-20,22,28-29H,12,17-18H2,1-11H3;8-16,19-23H,7,17-18H2,1-6H3;6*1H4. The predicted octanol–water partition coefficient (Wildman–Crippen LogP) is 29.9. The second kappa shape index (κ2) is 52.9. The summed E-state index contributed by atoms with van der Waals surface area (Å²) in [6.45, 7) is 40.0. The van der Waals surface area contributed by atoms with E-state index in [1.807, 2.05) is 70.5 Å². The SMILES string of the molecule is C.C.C.C.C.C.CCC(C)c1ccc(OCCOc2c(C(C)OC)cc(-c3ccccc3)cc2C(C)OC)cc1.CCC(C)c1ccc(OCCOc2c(C(OC)C(C)(C)C)cc(C)cc2C(OC)C(C)(C)C)cc1.CCc1cc(C(OC)C2CCCCC2)c(OCCOc2ccc(C(C)(C)CC)cc2)c(C(OC)C2CCCCC2)c1. The van der Waals surface area contributed by atoms with E-state index in [0.717, 1.165) is 99.1 Å². The Morgan fingerprint density at radius 3 is 1.00 bits per heavy atom. The summed E-state index contributed by atoms with van der Waals surface area (Å²) in [6.07, 6.45) is 16.6. The maximum atomic E-state index is 6.75. The largest absolute Gasteiger partial charge is 0.490 e. The number of benzene rings is 7. The molecule has 9 rings (SSSR count). The van der Waals surface area contributed by atoms with E-state index < -0.39 is 0 Å². The quantitative estimate of drug-likeness (QED) is 0.0346. The zero-order valence-electron chi connectivity index (χ0n) is 72.1. The molecule has 0 aliphatic heterocycles. The van der Waals surface area contributed by atoms with Gasteiger partial charge in [0.25, 0.3) is 0 Å². The number of methoxy groups -OCH3 is 6. The fraction of sp³-hybridized carbons (Fsp3) is 0.596. The van der Waals surface area contributed by atoms with Crippen molar-refractivity contribution in [1.29, 1.82) is 0 Å². The lowest BCUT2D eigenvalue weighted by Crippen LogP contribution is -2.25. The minimum absolute atomic E-state index is 0. The molecule has 2 aliphatic rings. The van der Waals surface area contributed by atoms with Gasteiger partial charge in [-0.1, -0.05) is 252 Å². The highest BCUT2D eigenvalue weighted by Gasteiger charge is 2.37. The van der Waals surface area contributed by atoms with Crippen molar-refractivity contribution in [1.82, 2.24) is 0 Å². The van der Waals surface area contributed by atoms with Crippen molar-refractivity contribution in [3.05, 3.63) is 201 Å². The van der Waals surface area contributed by atoms with Crippen LogP contribution in [0.2, 0.25) is 0 Å². The number of rotatable bonds is 37. The Morgan fingerprint density at radius 2 is 0.690 bits per heavy atom. The van der Waals surface area contributed by atoms with Gasteiger partial charge in [0.1, 0.15) is 74.1 Å². The van der Waals surface area contributed by atoms with Gasteiger partial charge in [0.05, 0.1) is 36.6 Å². The molecule has 2 aliphatic carbocycles. The number of ether oxygens (including phenoxy) is 12. The lowest BCUT2D eigenvalue weighted by atomic mass is 9.79. The molecule has 654 valence electrons. The van der Waals surface area contributed by atoms with E-state index in [1.54, 1.807) is 28.4 Å². The third kappa shape index (κ3) is 30.4. The molecule has 0 saturated heterocycles. The average molecular weight is 1610 g/mol. The summed E-state index contributed by atoms with van der Waals surface area (Å²) >= 11 is 0. The summed E-state index contributed by atoms with van der Waals surface area (Å²) in [6, 6.07) is 49.0. The van der Waals surface area contributed by atoms with Crippen LogP contribution in [-0.4, -0.2) is 82.3 Å². The first kappa shape index (κ1) is 107. The van der Waals surface area contributed by atoms with Gasteiger partial charge < -0.3 is 56.8 Å². The Morgan fingerprint density at radius 1 is 0.353 bits per heavy atom. The smallest absolute Gasteiger partial charge is 0.131 e. The maximum absolute atomic E-state index is 6.75. The van der Waals surface area contributed by atoms with Crippen LogP contribution in [0, 0.1) is 29.6 Å². The molecule has 0 aromatic heterocycles. The van der Waals surface area contributed by atoms with E-state index >= 15 is 0 Å². The number of aryl methyl sites for hydroxylation is 2. The van der Waals surface area contributed by atoms with Crippen molar-refractivity contribution in [3.8, 4) is 45.6 Å². The summed E-state index contributed by atoms with van der Waals surface area (Å²) in [7, 11) is 10.7. The van der Waals surface area contributed by atoms with Crippen LogP contribution in [0.15, 0.2) is 140 Å². The van der Waals surface area contributed by atoms with Crippen molar-refractivity contribution < 1.29 is 56.8 Å². The monoisotopic (exact) mass is 1610 g/mol. The Balaban J connectivity index is 0.000000853. The Kier molecular flexibility index (Phi) is 48.8. The van der Waals surface area contributed by atoms with Crippen LogP contribution in [0.4, 0.5) is 0 Å². The third-order valence-electron chi connectivity index (χ3n) is 23.1. The molecule has 0 radical (unpaired) electrons. The van der Waals surface area contributed by atoms with Gasteiger partial charge in [-0.3, -0.25) is 0 Å². The molecule has 12 nitrogen and oxygen atoms in total. The van der Waals surface area contributed by atoms with Crippen LogP contribution in [0.1, 0.15) is 348 Å². The fourth-order valence-electron chi connectivity index (χ4n) is 15.7. The Bertz CT molecular complexity index is 3640. The van der Waals surface area contributed by atoms with Crippen molar-refractivity contribution in [2.75, 3.05) is 82.3 Å². The topological polar surface area (TPSA) is 111 Å². The number of hydrogen-bond acceptors (Lipinski definition) is 12. The van der Waals surface area contributed by atoms with E-state index in [4.69, 9.17) is 56.8 Å². The second-order valence-corrected chi connectivity index (χ2v) is 33.5. The molecule has 0 spiro atoms. The van der Waals surface area contributed by atoms with Crippen molar-refractivity contribution in [3.63, 3.8) is 0 Å². The van der Waals surface area contributed by atoms with Gasteiger partial charge in [0, 0.05) is 76.0 Å². The maximum Gasteiger partial charge on any atom is 0.131 e. The average Bonchev–Trinajstić information content (AvgIpc) is 0.769. The van der Waals surface area contributed by atoms with E-state index in [1.165, 1.54) is 97.6 Å². The molecule has 0 amide bonds. The van der Waals surface area contributed by atoms with Crippen LogP contribution in [0.5, 0.6) is 34.5 Å². The van der Waals surface area contributed by atoms with Gasteiger partial charge in [-0.15, -0.1) is 0 Å². The van der Waals surface area contributed by atoms with Gasteiger partial charge in [-0.05, 0) is 218 Å². The zero-order chi connectivity index (χ0) is 80.1. The minimum Gasteiger partial charge on any atom is -0.490 e. The van der Waals surface area contributed by atoms with Crippen LogP contribution >= 0.6 is 0 Å². The summed E-state index contributed by atoms with van der Waals surface area (Å²) in [5.74, 6) is 7.37. The lowest BCUT2D eigenvalue weighted by molar-refractivity contribution is 0.00570. The molecule has 2 fully saturated rings. The van der Waals surface area contributed by atoms with Crippen molar-refractivity contribution >= 4 is 0 Å². The van der Waals surface area contributed by atoms with Crippen LogP contribution < -0.4 is 28.4 Å². The van der Waals surface area contributed by atoms with Gasteiger partial charge in [-0.25, -0.2) is 0 Å². The first-order valence-electron chi connectivity index (χ1n) is 41.5. The molecule has 2 saturated carbocycles. The summed E-state index contributed by atoms with van der Waals surface area (Å²) in [5, 5.41) is 0. The molecule has 8 unspecified atom stereocenters. The van der Waals surface area contributed by atoms with E-state index in [2.05, 4.69) is 201 Å². The van der Waals surface area contributed by atoms with Gasteiger partial charge in [0.15, 0.2) is 0 Å². The number of hydrogen-bond donors (Lipinski definition) is 0. The fourth-order valence-corrected chi connectivity index (χ4v) is 15.7. The molecule has 8 atom stereocenters. The first-order valence-corrected chi connectivity index (χ1v) is 41.5. The second-order valence-electron chi connectivity index (χ2n) is 33.5. The first-order chi connectivity index (χ1) is 52.7. The Labute approximate surface area is 710 Å². The minimum atomic E-state index is -0.129. The van der Waals surface area contributed by atoms with Crippen LogP contribution in [-0.2, 0) is 40.3 Å². The lowest BCUT2D eigenvalue weighted by Gasteiger charge is -2.35. The molecule has 116 heavy (non-hydrogen) atoms. The molecule has 0 heterocycles. The normalized spacial score (nSPS) is 15.2. The van der Waals surface area contributed by atoms with E-state index in [9.17, 15) is 0 Å². The molecular formula is C104H166O12. The van der Waals surface area contributed by atoms with Gasteiger partial charge >= 0.3 is 0 Å². The molecule has 7 aromatic rings. The third-order valence-corrected chi connectivity index (χ3v) is 23.1. The van der Waals surface area contributed by atoms with Crippen LogP contribution in [0.3, 0.4) is 0 Å². The van der Waals surface area contributed by atoms with Gasteiger partial charge in [-0.2, -0.15) is 0 Å². The highest BCUT2D eigenvalue weighted by atomic mass is 16.5. The van der Waals surface area contributed by atoms with E-state index in [-0.39, 0.29) is 97.4 Å². The Hall–Kier alpha value is -6.90. The van der Waals surface area contributed by atoms with Crippen molar-refractivity contribution in [2.24, 2.45) is 22.7 Å². The van der Waals surface area contributed by atoms with Gasteiger partial charge in [0.2, 0.25) is 0 Å². The van der Waals surface area contributed by atoms with Crippen molar-refractivity contribution in [2.45, 2.75) is 306 Å². The summed E-state index contributed by atoms with van der Waals surface area (Å²) in [4.78, 5) is 0. The molecular weight excluding hydrogens is 1440 g/mol. The highest BCUT2D eigenvalue weighted by molar-refractivity contribution is 5.68. The molecule has 0 bridgehead atoms. The molecule has 12 heteroatoms. The summed E-state index contributed by atoms with van der Waals surface area (Å²) in [5.41, 5.74) is 15.3. The summed E-state index contributed by atoms with van der Waals surface area (Å²) < 4.78 is 73.7. The van der Waals surface area contributed by atoms with Crippen LogP contribution in [0.25, 0.3) is 11.1 Å². The zero-order valence-corrected chi connectivity index (χ0v) is 72.1. The molecule has 7 aromatic carbocycles. The highest BCUT2D eigenvalue weighted by Crippen LogP contribution is 2.50. The van der Waals surface area contributed by atoms with E-state index in [0.29, 0.717) is 63.3 Å².